The Kier molecular flexibility index (Phi) is 3.83. The number of nitrogens with one attached hydrogen (secondary N) is 1. The average Bonchev–Trinajstić information content (AvgIpc) is 2.49. The fraction of sp³-hybridized carbons (Fsp3) is 0.125. The van der Waals surface area contributed by atoms with Crippen LogP contribution in [-0.2, 0) is 0 Å². The highest BCUT2D eigenvalue weighted by Gasteiger charge is 2.10. The number of hydrogen-bond donors (Lipinski definition) is 1. The first kappa shape index (κ1) is 12.9. The standard InChI is InChI=1S/C16H14N2OS/c19-15-11-14(20-13-9-5-2-6-10-13)16(18-17-15)12-7-3-1-4-8-12/h1,3-5,7-11H,2,6H2,(H,17,19). The largest absolute Gasteiger partial charge is 0.268 e. The summed E-state index contributed by atoms with van der Waals surface area (Å²) < 4.78 is 0. The summed E-state index contributed by atoms with van der Waals surface area (Å²) in [6.45, 7) is 0. The molecule has 1 aromatic carbocycles. The van der Waals surface area contributed by atoms with E-state index in [1.165, 1.54) is 4.91 Å². The van der Waals surface area contributed by atoms with Crippen LogP contribution in [0, 0.1) is 0 Å². The van der Waals surface area contributed by atoms with Gasteiger partial charge in [0.05, 0.1) is 0 Å². The van der Waals surface area contributed by atoms with Crippen LogP contribution in [-0.4, -0.2) is 10.2 Å². The summed E-state index contributed by atoms with van der Waals surface area (Å²) in [7, 11) is 0. The van der Waals surface area contributed by atoms with Gasteiger partial charge in [0.2, 0.25) is 0 Å². The molecule has 0 unspecified atom stereocenters. The highest BCUT2D eigenvalue weighted by molar-refractivity contribution is 8.03. The lowest BCUT2D eigenvalue weighted by molar-refractivity contribution is 0.965. The molecule has 3 rings (SSSR count). The van der Waals surface area contributed by atoms with Gasteiger partial charge >= 0.3 is 0 Å². The van der Waals surface area contributed by atoms with Crippen molar-refractivity contribution in [3.63, 3.8) is 0 Å². The molecule has 1 aromatic heterocycles. The summed E-state index contributed by atoms with van der Waals surface area (Å²) >= 11 is 1.59. The van der Waals surface area contributed by atoms with Crippen LogP contribution >= 0.6 is 11.8 Å². The molecule has 0 radical (unpaired) electrons. The van der Waals surface area contributed by atoms with E-state index < -0.39 is 0 Å². The van der Waals surface area contributed by atoms with E-state index in [2.05, 4.69) is 28.4 Å². The van der Waals surface area contributed by atoms with Crippen molar-refractivity contribution in [1.29, 1.82) is 0 Å². The number of benzene rings is 1. The fourth-order valence-electron chi connectivity index (χ4n) is 2.06. The van der Waals surface area contributed by atoms with Crippen LogP contribution in [0.2, 0.25) is 0 Å². The van der Waals surface area contributed by atoms with Gasteiger partial charge in [-0.1, -0.05) is 60.3 Å². The number of aromatic amines is 1. The van der Waals surface area contributed by atoms with E-state index in [4.69, 9.17) is 0 Å². The minimum absolute atomic E-state index is 0.174. The van der Waals surface area contributed by atoms with Crippen LogP contribution in [0.25, 0.3) is 11.3 Å². The third kappa shape index (κ3) is 2.91. The van der Waals surface area contributed by atoms with E-state index in [0.29, 0.717) is 0 Å². The Bertz CT molecular complexity index is 717. The molecule has 1 heterocycles. The second-order valence-corrected chi connectivity index (χ2v) is 5.61. The van der Waals surface area contributed by atoms with Gasteiger partial charge in [-0.15, -0.1) is 0 Å². The van der Waals surface area contributed by atoms with Gasteiger partial charge in [-0.2, -0.15) is 5.10 Å². The zero-order valence-electron chi connectivity index (χ0n) is 10.9. The van der Waals surface area contributed by atoms with Gasteiger partial charge in [-0.05, 0) is 12.8 Å². The van der Waals surface area contributed by atoms with E-state index in [-0.39, 0.29) is 5.56 Å². The fourth-order valence-corrected chi connectivity index (χ4v) is 3.10. The molecule has 2 aromatic rings. The van der Waals surface area contributed by atoms with E-state index >= 15 is 0 Å². The van der Waals surface area contributed by atoms with Gasteiger partial charge < -0.3 is 0 Å². The van der Waals surface area contributed by atoms with Crippen molar-refractivity contribution >= 4 is 11.8 Å². The molecule has 100 valence electrons. The molecule has 0 amide bonds. The maximum absolute atomic E-state index is 11.5. The van der Waals surface area contributed by atoms with Gasteiger partial charge in [0.25, 0.3) is 5.56 Å². The minimum Gasteiger partial charge on any atom is -0.268 e. The molecule has 0 saturated heterocycles. The molecule has 0 saturated carbocycles. The third-order valence-corrected chi connectivity index (χ3v) is 4.08. The van der Waals surface area contributed by atoms with Crippen molar-refractivity contribution in [2.24, 2.45) is 0 Å². The molecule has 0 atom stereocenters. The van der Waals surface area contributed by atoms with Crippen molar-refractivity contribution in [2.75, 3.05) is 0 Å². The molecular formula is C16H14N2OS. The van der Waals surface area contributed by atoms with Crippen molar-refractivity contribution in [3.8, 4) is 11.3 Å². The first-order valence-corrected chi connectivity index (χ1v) is 7.34. The van der Waals surface area contributed by atoms with E-state index in [0.717, 1.165) is 29.0 Å². The molecule has 3 nitrogen and oxygen atoms in total. The zero-order valence-corrected chi connectivity index (χ0v) is 11.7. The number of H-pyrrole nitrogens is 1. The van der Waals surface area contributed by atoms with Crippen molar-refractivity contribution < 1.29 is 0 Å². The average molecular weight is 282 g/mol. The van der Waals surface area contributed by atoms with Gasteiger partial charge in [0.15, 0.2) is 0 Å². The Hall–Kier alpha value is -2.07. The lowest BCUT2D eigenvalue weighted by Gasteiger charge is -2.10. The second kappa shape index (κ2) is 5.92. The first-order valence-electron chi connectivity index (χ1n) is 6.52. The van der Waals surface area contributed by atoms with Crippen LogP contribution in [0.15, 0.2) is 69.2 Å². The number of nitrogens with zero attached hydrogens (tertiary/aromatic N) is 1. The zero-order chi connectivity index (χ0) is 13.8. The third-order valence-electron chi connectivity index (χ3n) is 3.01. The lowest BCUT2D eigenvalue weighted by atomic mass is 10.1. The van der Waals surface area contributed by atoms with Gasteiger partial charge in [0.1, 0.15) is 5.69 Å². The molecule has 0 fully saturated rings. The molecule has 0 spiro atoms. The number of hydrogen-bond acceptors (Lipinski definition) is 3. The maximum atomic E-state index is 11.5. The SMILES string of the molecule is O=c1cc(SC2=CCCC=C2)c(-c2ccccc2)n[nH]1. The van der Waals surface area contributed by atoms with Crippen molar-refractivity contribution in [2.45, 2.75) is 17.7 Å². The number of allylic oxidation sites excluding steroid dienone is 3. The van der Waals surface area contributed by atoms with Gasteiger partial charge in [0, 0.05) is 21.4 Å². The summed E-state index contributed by atoms with van der Waals surface area (Å²) in [5, 5.41) is 6.72. The number of aromatic nitrogens is 2. The van der Waals surface area contributed by atoms with E-state index in [1.54, 1.807) is 17.8 Å². The van der Waals surface area contributed by atoms with E-state index in [9.17, 15) is 4.79 Å². The molecular weight excluding hydrogens is 268 g/mol. The summed E-state index contributed by atoms with van der Waals surface area (Å²) in [4.78, 5) is 13.6. The normalized spacial score (nSPS) is 14.1. The van der Waals surface area contributed by atoms with Crippen LogP contribution < -0.4 is 5.56 Å². The Balaban J connectivity index is 2.01. The Labute approximate surface area is 121 Å². The summed E-state index contributed by atoms with van der Waals surface area (Å²) in [5.74, 6) is 0. The molecule has 4 heteroatoms. The molecule has 1 aliphatic carbocycles. The predicted molar refractivity (Wildman–Crippen MR) is 82.6 cm³/mol. The monoisotopic (exact) mass is 282 g/mol. The maximum Gasteiger partial charge on any atom is 0.265 e. The quantitative estimate of drug-likeness (QED) is 0.932. The Morgan fingerprint density at radius 3 is 2.75 bits per heavy atom. The molecule has 20 heavy (non-hydrogen) atoms. The van der Waals surface area contributed by atoms with E-state index in [1.807, 2.05) is 30.3 Å². The van der Waals surface area contributed by atoms with Crippen molar-refractivity contribution in [3.05, 3.63) is 69.9 Å². The molecule has 1 aliphatic rings. The Morgan fingerprint density at radius 2 is 2.00 bits per heavy atom. The van der Waals surface area contributed by atoms with Crippen LogP contribution in [0.5, 0.6) is 0 Å². The van der Waals surface area contributed by atoms with Crippen LogP contribution in [0.1, 0.15) is 12.8 Å². The highest BCUT2D eigenvalue weighted by atomic mass is 32.2. The van der Waals surface area contributed by atoms with Crippen LogP contribution in [0.4, 0.5) is 0 Å². The summed E-state index contributed by atoms with van der Waals surface area (Å²) in [6.07, 6.45) is 8.59. The number of rotatable bonds is 3. The smallest absolute Gasteiger partial charge is 0.265 e. The molecule has 0 aliphatic heterocycles. The topological polar surface area (TPSA) is 45.8 Å². The van der Waals surface area contributed by atoms with Gasteiger partial charge in [-0.25, -0.2) is 5.10 Å². The Morgan fingerprint density at radius 1 is 1.15 bits per heavy atom. The molecule has 1 N–H and O–H groups in total. The van der Waals surface area contributed by atoms with Crippen LogP contribution in [0.3, 0.4) is 0 Å². The first-order chi connectivity index (χ1) is 9.83. The predicted octanol–water partition coefficient (Wildman–Crippen LogP) is 3.76. The summed E-state index contributed by atoms with van der Waals surface area (Å²) in [5.41, 5.74) is 1.65. The number of thioether (sulfide) groups is 1. The summed E-state index contributed by atoms with van der Waals surface area (Å²) in [6, 6.07) is 11.5. The second-order valence-electron chi connectivity index (χ2n) is 4.50. The van der Waals surface area contributed by atoms with Crippen molar-refractivity contribution in [1.82, 2.24) is 10.2 Å². The minimum atomic E-state index is -0.174. The molecule has 0 bridgehead atoms. The lowest BCUT2D eigenvalue weighted by Crippen LogP contribution is -2.08. The van der Waals surface area contributed by atoms with Gasteiger partial charge in [-0.3, -0.25) is 4.79 Å². The highest BCUT2D eigenvalue weighted by Crippen LogP contribution is 2.34.